The molecule has 1 saturated carbocycles. The third kappa shape index (κ3) is 4.52. The molecule has 0 spiro atoms. The number of nitrogens with zero attached hydrogens (tertiary/aromatic N) is 1. The van der Waals surface area contributed by atoms with E-state index in [4.69, 9.17) is 21.3 Å². The van der Waals surface area contributed by atoms with Gasteiger partial charge in [-0.15, -0.1) is 0 Å². The highest BCUT2D eigenvalue weighted by Gasteiger charge is 2.49. The fourth-order valence-corrected chi connectivity index (χ4v) is 3.62. The van der Waals surface area contributed by atoms with Crippen LogP contribution in [0.2, 0.25) is 0 Å². The number of hydrogen-bond acceptors (Lipinski definition) is 6. The molecule has 0 bridgehead atoms. The summed E-state index contributed by atoms with van der Waals surface area (Å²) in [7, 11) is 1.64. The fourth-order valence-electron chi connectivity index (χ4n) is 3.43. The molecule has 0 heterocycles. The van der Waals surface area contributed by atoms with Crippen molar-refractivity contribution in [3.05, 3.63) is 71.8 Å². The standard InChI is InChI=1S/C21H22ClNO5/c1-23(22)17-12-16(13-24)18(27-20(25)14-8-4-2-5-9-14)19(17)28-21(26)15-10-6-3-7-11-15/h2-11,16-19,24H,12-13H2,1H3/t16-,17-,18-,19+/m1/s1. The maximum atomic E-state index is 12.6. The highest BCUT2D eigenvalue weighted by Crippen LogP contribution is 2.35. The van der Waals surface area contributed by atoms with Gasteiger partial charge in [-0.2, -0.15) is 0 Å². The van der Waals surface area contributed by atoms with Gasteiger partial charge in [0.25, 0.3) is 0 Å². The van der Waals surface area contributed by atoms with E-state index in [0.717, 1.165) is 0 Å². The first-order chi connectivity index (χ1) is 13.5. The van der Waals surface area contributed by atoms with Gasteiger partial charge in [-0.1, -0.05) is 36.4 Å². The third-order valence-electron chi connectivity index (χ3n) is 4.91. The molecule has 0 unspecified atom stereocenters. The molecule has 0 radical (unpaired) electrons. The zero-order valence-corrected chi connectivity index (χ0v) is 16.2. The number of carbonyl (C=O) groups is 2. The van der Waals surface area contributed by atoms with Crippen LogP contribution in [0, 0.1) is 5.92 Å². The van der Waals surface area contributed by atoms with Crippen LogP contribution in [0.5, 0.6) is 0 Å². The number of aliphatic hydroxyl groups is 1. The Balaban J connectivity index is 1.83. The lowest BCUT2D eigenvalue weighted by molar-refractivity contribution is -0.0487. The Hall–Kier alpha value is -2.41. The molecule has 0 amide bonds. The lowest BCUT2D eigenvalue weighted by Crippen LogP contribution is -2.43. The summed E-state index contributed by atoms with van der Waals surface area (Å²) in [4.78, 5) is 25.1. The first-order valence-corrected chi connectivity index (χ1v) is 9.36. The van der Waals surface area contributed by atoms with Crippen molar-refractivity contribution in [1.29, 1.82) is 0 Å². The van der Waals surface area contributed by atoms with E-state index < -0.39 is 36.1 Å². The summed E-state index contributed by atoms with van der Waals surface area (Å²) < 4.78 is 12.8. The van der Waals surface area contributed by atoms with Crippen LogP contribution in [0.1, 0.15) is 27.1 Å². The van der Waals surface area contributed by atoms with E-state index in [2.05, 4.69) is 0 Å². The van der Waals surface area contributed by atoms with Crippen molar-refractivity contribution in [2.24, 2.45) is 5.92 Å². The van der Waals surface area contributed by atoms with Gasteiger partial charge in [0, 0.05) is 19.6 Å². The van der Waals surface area contributed by atoms with E-state index in [0.29, 0.717) is 17.5 Å². The minimum atomic E-state index is -0.809. The largest absolute Gasteiger partial charge is 0.454 e. The summed E-state index contributed by atoms with van der Waals surface area (Å²) in [6.07, 6.45) is -1.19. The van der Waals surface area contributed by atoms with Crippen LogP contribution in [-0.2, 0) is 9.47 Å². The summed E-state index contributed by atoms with van der Waals surface area (Å²) in [5.74, 6) is -1.47. The third-order valence-corrected chi connectivity index (χ3v) is 5.16. The maximum absolute atomic E-state index is 12.6. The van der Waals surface area contributed by atoms with Crippen LogP contribution < -0.4 is 0 Å². The Morgan fingerprint density at radius 3 is 1.86 bits per heavy atom. The molecule has 1 fully saturated rings. The molecule has 28 heavy (non-hydrogen) atoms. The minimum absolute atomic E-state index is 0.215. The van der Waals surface area contributed by atoms with Crippen molar-refractivity contribution in [2.45, 2.75) is 24.7 Å². The van der Waals surface area contributed by atoms with Gasteiger partial charge in [-0.3, -0.25) is 0 Å². The van der Waals surface area contributed by atoms with Crippen LogP contribution in [0.3, 0.4) is 0 Å². The summed E-state index contributed by atoms with van der Waals surface area (Å²) in [5, 5.41) is 9.80. The van der Waals surface area contributed by atoms with Gasteiger partial charge in [0.1, 0.15) is 6.10 Å². The molecule has 1 aliphatic rings. The molecule has 0 aliphatic heterocycles. The molecule has 0 saturated heterocycles. The Bertz CT molecular complexity index is 799. The van der Waals surface area contributed by atoms with Gasteiger partial charge in [-0.25, -0.2) is 14.0 Å². The summed E-state index contributed by atoms with van der Waals surface area (Å²) in [6, 6.07) is 16.7. The molecule has 2 aromatic carbocycles. The molecule has 1 aliphatic carbocycles. The minimum Gasteiger partial charge on any atom is -0.454 e. The smallest absolute Gasteiger partial charge is 0.338 e. The Morgan fingerprint density at radius 2 is 1.43 bits per heavy atom. The molecular weight excluding hydrogens is 382 g/mol. The van der Waals surface area contributed by atoms with Crippen LogP contribution in [0.4, 0.5) is 0 Å². The van der Waals surface area contributed by atoms with Gasteiger partial charge >= 0.3 is 11.9 Å². The summed E-state index contributed by atoms with van der Waals surface area (Å²) in [6.45, 7) is -0.215. The number of rotatable bonds is 6. The molecule has 6 nitrogen and oxygen atoms in total. The number of ether oxygens (including phenoxy) is 2. The van der Waals surface area contributed by atoms with Crippen molar-refractivity contribution in [1.82, 2.24) is 4.42 Å². The van der Waals surface area contributed by atoms with E-state index in [1.165, 1.54) is 4.42 Å². The summed E-state index contributed by atoms with van der Waals surface area (Å²) in [5.41, 5.74) is 0.772. The average molecular weight is 404 g/mol. The second kappa shape index (κ2) is 9.19. The Morgan fingerprint density at radius 1 is 0.964 bits per heavy atom. The Kier molecular flexibility index (Phi) is 6.67. The fraction of sp³-hybridized carbons (Fsp3) is 0.333. The molecule has 2 aromatic rings. The van der Waals surface area contributed by atoms with E-state index in [9.17, 15) is 14.7 Å². The van der Waals surface area contributed by atoms with Crippen molar-refractivity contribution < 1.29 is 24.2 Å². The number of benzene rings is 2. The van der Waals surface area contributed by atoms with Crippen molar-refractivity contribution in [3.63, 3.8) is 0 Å². The van der Waals surface area contributed by atoms with Gasteiger partial charge in [0.05, 0.1) is 17.2 Å². The van der Waals surface area contributed by atoms with Gasteiger partial charge in [-0.05, 0) is 42.5 Å². The van der Waals surface area contributed by atoms with E-state index >= 15 is 0 Å². The van der Waals surface area contributed by atoms with Gasteiger partial charge in [0.15, 0.2) is 6.10 Å². The van der Waals surface area contributed by atoms with Crippen LogP contribution in [-0.4, -0.2) is 53.4 Å². The second-order valence-electron chi connectivity index (χ2n) is 6.74. The normalized spacial score (nSPS) is 24.1. The molecule has 1 N–H and O–H groups in total. The van der Waals surface area contributed by atoms with E-state index in [-0.39, 0.29) is 6.61 Å². The highest BCUT2D eigenvalue weighted by molar-refractivity contribution is 6.13. The summed E-state index contributed by atoms with van der Waals surface area (Å²) >= 11 is 6.17. The van der Waals surface area contributed by atoms with Crippen molar-refractivity contribution >= 4 is 23.7 Å². The number of esters is 2. The van der Waals surface area contributed by atoms with Crippen LogP contribution in [0.15, 0.2) is 60.7 Å². The lowest BCUT2D eigenvalue weighted by atomic mass is 10.1. The van der Waals surface area contributed by atoms with Gasteiger partial charge < -0.3 is 14.6 Å². The second-order valence-corrected chi connectivity index (χ2v) is 7.28. The van der Waals surface area contributed by atoms with E-state index in [1.54, 1.807) is 67.7 Å². The zero-order chi connectivity index (χ0) is 20.1. The predicted molar refractivity (Wildman–Crippen MR) is 104 cm³/mol. The highest BCUT2D eigenvalue weighted by atomic mass is 35.5. The van der Waals surface area contributed by atoms with Crippen LogP contribution >= 0.6 is 11.8 Å². The zero-order valence-electron chi connectivity index (χ0n) is 15.4. The van der Waals surface area contributed by atoms with Crippen molar-refractivity contribution in [2.75, 3.05) is 13.7 Å². The quantitative estimate of drug-likeness (QED) is 0.590. The molecule has 7 heteroatoms. The average Bonchev–Trinajstić information content (AvgIpc) is 3.06. The first kappa shape index (κ1) is 20.3. The molecule has 0 aromatic heterocycles. The molecule has 3 rings (SSSR count). The van der Waals surface area contributed by atoms with E-state index in [1.807, 2.05) is 0 Å². The topological polar surface area (TPSA) is 76.1 Å². The molecule has 148 valence electrons. The lowest BCUT2D eigenvalue weighted by Gasteiger charge is -2.28. The predicted octanol–water partition coefficient (Wildman–Crippen LogP) is 2.90. The molecule has 4 atom stereocenters. The number of likely N-dealkylation sites (N-methyl/N-ethyl adjacent to an activating group) is 1. The van der Waals surface area contributed by atoms with Gasteiger partial charge in [0.2, 0.25) is 0 Å². The monoisotopic (exact) mass is 403 g/mol. The number of halogens is 1. The van der Waals surface area contributed by atoms with Crippen molar-refractivity contribution in [3.8, 4) is 0 Å². The number of aliphatic hydroxyl groups excluding tert-OH is 1. The number of hydrogen-bond donors (Lipinski definition) is 1. The van der Waals surface area contributed by atoms with Crippen LogP contribution in [0.25, 0.3) is 0 Å². The molecular formula is C21H22ClNO5. The number of carbonyl (C=O) groups excluding carboxylic acids is 2. The first-order valence-electron chi connectivity index (χ1n) is 9.02. The SMILES string of the molecule is CN(Cl)[C@@H]1C[C@H](CO)[C@@H](OC(=O)c2ccccc2)[C@H]1OC(=O)c1ccccc1. The Labute approximate surface area is 168 Å². The maximum Gasteiger partial charge on any atom is 0.338 e.